The number of likely N-dealkylation sites (tertiary alicyclic amines) is 1. The molecule has 73 heavy (non-hydrogen) atoms. The maximum absolute atomic E-state index is 13.2. The number of anilines is 2. The average Bonchev–Trinajstić information content (AvgIpc) is 4.30. The third kappa shape index (κ3) is 8.04. The van der Waals surface area contributed by atoms with Crippen LogP contribution in [-0.2, 0) is 6.54 Å². The summed E-state index contributed by atoms with van der Waals surface area (Å²) in [5.74, 6) is 1.34. The predicted octanol–water partition coefficient (Wildman–Crippen LogP) is 10.1. The number of nitrogens with zero attached hydrogens (tertiary/aromatic N) is 8. The van der Waals surface area contributed by atoms with E-state index in [0.29, 0.717) is 51.2 Å². The van der Waals surface area contributed by atoms with Crippen molar-refractivity contribution in [3.8, 4) is 61.9 Å². The lowest BCUT2D eigenvalue weighted by atomic mass is 10.0. The van der Waals surface area contributed by atoms with E-state index in [4.69, 9.17) is 29.6 Å². The molecule has 1 aliphatic rings. The van der Waals surface area contributed by atoms with Gasteiger partial charge in [0.2, 0.25) is 0 Å². The molecular formula is C56H43N14O3+. The number of aromatic amines is 3. The molecule has 0 atom stereocenters. The molecule has 0 aliphatic carbocycles. The molecule has 17 heteroatoms. The number of hydrogen-bond donors (Lipinski definition) is 6. The normalized spacial score (nSPS) is 12.9. The van der Waals surface area contributed by atoms with Crippen LogP contribution in [-0.4, -0.2) is 74.7 Å². The minimum atomic E-state index is -0.251. The first-order chi connectivity index (χ1) is 35.9. The molecule has 3 aromatic carbocycles. The van der Waals surface area contributed by atoms with Crippen LogP contribution < -0.4 is 15.6 Å². The topological polar surface area (TPSA) is 237 Å². The number of nitrogen functional groups attached to an aromatic ring is 1. The second-order valence-electron chi connectivity index (χ2n) is 18.1. The molecule has 0 spiro atoms. The zero-order valence-corrected chi connectivity index (χ0v) is 38.9. The molecule has 1 amide bonds. The predicted molar refractivity (Wildman–Crippen MR) is 278 cm³/mol. The van der Waals surface area contributed by atoms with E-state index in [9.17, 15) is 10.2 Å². The monoisotopic (exact) mass is 959 g/mol. The number of hydrogen-bond acceptors (Lipinski definition) is 12. The molecule has 1 aliphatic heterocycles. The van der Waals surface area contributed by atoms with Crippen molar-refractivity contribution in [3.05, 3.63) is 182 Å². The number of fused-ring (bicyclic) bond motifs is 3. The maximum Gasteiger partial charge on any atom is 0.317 e. The SMILES string of the molecule is N=C(c1nc2c(-c3coc(-[n+]4cc(-c5cncc(NC(=O)c6ccccc6)c5)cc5c(-c6nc7c(-c8ccoc8)cccc7[nH]6)n[nH]c54)c3)cccc2[nH]1)c1cc(-c2cncc(CN3CCCC3)c2)cnc1N. The van der Waals surface area contributed by atoms with Crippen molar-refractivity contribution in [1.29, 1.82) is 5.41 Å². The first-order valence-electron chi connectivity index (χ1n) is 23.7. The van der Waals surface area contributed by atoms with Gasteiger partial charge in [-0.2, -0.15) is 4.57 Å². The zero-order chi connectivity index (χ0) is 49.0. The number of aromatic nitrogens is 10. The molecule has 17 nitrogen and oxygen atoms in total. The standard InChI is InChI=1S/C56H42N14O3/c57-48(43-20-37(26-61-52(43)58)35-18-32(23-59-24-35)28-69-15-4-5-16-69)53-63-45-12-7-11-42(50(45)65-53)39-22-47(73-31-39)70-29-38(36-19-40(27-60-25-36)62-56(71)33-8-2-1-3-9-33)21-44-51(67-68-55(44)70)54-64-46-13-6-10-41(49(46)66-54)34-14-17-72-30-34/h1-3,6-14,17-27,29-31H,4-5,15-16,28H2,(H6,57,58,61,62,63,64,65,66,67,71)/p+1. The third-order valence-corrected chi connectivity index (χ3v) is 13.3. The van der Waals surface area contributed by atoms with Gasteiger partial charge in [0.15, 0.2) is 17.3 Å². The van der Waals surface area contributed by atoms with Crippen LogP contribution >= 0.6 is 0 Å². The molecule has 10 heterocycles. The summed E-state index contributed by atoms with van der Waals surface area (Å²) in [4.78, 5) is 46.2. The van der Waals surface area contributed by atoms with Crippen LogP contribution in [0.3, 0.4) is 0 Å². The molecule has 0 saturated carbocycles. The fourth-order valence-corrected chi connectivity index (χ4v) is 9.69. The molecule has 0 radical (unpaired) electrons. The van der Waals surface area contributed by atoms with Gasteiger partial charge in [-0.25, -0.2) is 15.0 Å². The number of furan rings is 2. The van der Waals surface area contributed by atoms with Crippen molar-refractivity contribution >= 4 is 56.2 Å². The van der Waals surface area contributed by atoms with E-state index in [-0.39, 0.29) is 17.4 Å². The van der Waals surface area contributed by atoms with Crippen molar-refractivity contribution in [2.75, 3.05) is 24.1 Å². The Balaban J connectivity index is 0.867. The van der Waals surface area contributed by atoms with E-state index in [1.165, 1.54) is 12.8 Å². The fraction of sp³-hybridized carbons (Fsp3) is 0.0893. The van der Waals surface area contributed by atoms with Gasteiger partial charge in [0.1, 0.15) is 29.4 Å². The highest BCUT2D eigenvalue weighted by Crippen LogP contribution is 2.35. The Bertz CT molecular complexity index is 4070. The smallest absolute Gasteiger partial charge is 0.317 e. The molecule has 354 valence electrons. The van der Waals surface area contributed by atoms with Crippen LogP contribution in [0.4, 0.5) is 11.5 Å². The number of amides is 1. The van der Waals surface area contributed by atoms with E-state index in [0.717, 1.165) is 91.6 Å². The minimum Gasteiger partial charge on any atom is -0.472 e. The summed E-state index contributed by atoms with van der Waals surface area (Å²) in [6.45, 7) is 3.02. The second kappa shape index (κ2) is 17.8. The maximum atomic E-state index is 13.2. The van der Waals surface area contributed by atoms with Crippen LogP contribution in [0.1, 0.15) is 40.2 Å². The van der Waals surface area contributed by atoms with Crippen LogP contribution in [0.5, 0.6) is 0 Å². The van der Waals surface area contributed by atoms with Crippen LogP contribution in [0.2, 0.25) is 0 Å². The Labute approximate surface area is 415 Å². The largest absolute Gasteiger partial charge is 0.472 e. The van der Waals surface area contributed by atoms with Gasteiger partial charge in [-0.15, -0.1) is 5.10 Å². The average molecular weight is 960 g/mol. The van der Waals surface area contributed by atoms with Gasteiger partial charge in [0.05, 0.1) is 46.5 Å². The zero-order valence-electron chi connectivity index (χ0n) is 38.9. The van der Waals surface area contributed by atoms with Gasteiger partial charge >= 0.3 is 5.65 Å². The third-order valence-electron chi connectivity index (χ3n) is 13.3. The number of pyridine rings is 4. The number of nitrogens with two attached hydrogens (primary N) is 1. The number of para-hydroxylation sites is 2. The van der Waals surface area contributed by atoms with Gasteiger partial charge < -0.3 is 29.9 Å². The number of carbonyl (C=O) groups excluding carboxylic acids is 1. The van der Waals surface area contributed by atoms with E-state index in [1.54, 1.807) is 49.5 Å². The summed E-state index contributed by atoms with van der Waals surface area (Å²) in [5, 5.41) is 21.2. The van der Waals surface area contributed by atoms with Gasteiger partial charge in [-0.05, 0) is 86.1 Å². The highest BCUT2D eigenvalue weighted by molar-refractivity contribution is 6.13. The van der Waals surface area contributed by atoms with E-state index >= 15 is 0 Å². The lowest BCUT2D eigenvalue weighted by Gasteiger charge is -2.15. The molecule has 0 unspecified atom stereocenters. The van der Waals surface area contributed by atoms with Crippen LogP contribution in [0.15, 0.2) is 168 Å². The van der Waals surface area contributed by atoms with Crippen molar-refractivity contribution in [2.45, 2.75) is 19.4 Å². The Kier molecular flexibility index (Phi) is 10.5. The molecule has 13 rings (SSSR count). The van der Waals surface area contributed by atoms with Gasteiger partial charge in [0, 0.05) is 93.0 Å². The van der Waals surface area contributed by atoms with Gasteiger partial charge in [-0.3, -0.25) is 25.1 Å². The molecule has 9 aromatic heterocycles. The summed E-state index contributed by atoms with van der Waals surface area (Å²) in [7, 11) is 0. The lowest BCUT2D eigenvalue weighted by Crippen LogP contribution is -2.31. The number of carbonyl (C=O) groups is 1. The molecule has 1 fully saturated rings. The van der Waals surface area contributed by atoms with Gasteiger partial charge in [0.25, 0.3) is 11.8 Å². The summed E-state index contributed by atoms with van der Waals surface area (Å²) in [5.41, 5.74) is 19.9. The minimum absolute atomic E-state index is 0.105. The summed E-state index contributed by atoms with van der Waals surface area (Å²) in [6, 6.07) is 32.6. The molecule has 0 bridgehead atoms. The van der Waals surface area contributed by atoms with Crippen molar-refractivity contribution in [1.82, 2.24) is 50.0 Å². The van der Waals surface area contributed by atoms with Crippen molar-refractivity contribution in [2.24, 2.45) is 0 Å². The lowest BCUT2D eigenvalue weighted by molar-refractivity contribution is -0.582. The Morgan fingerprint density at radius 3 is 2.34 bits per heavy atom. The Hall–Kier alpha value is -9.87. The number of rotatable bonds is 12. The Morgan fingerprint density at radius 1 is 0.753 bits per heavy atom. The fourth-order valence-electron chi connectivity index (χ4n) is 9.69. The first-order valence-corrected chi connectivity index (χ1v) is 23.7. The first kappa shape index (κ1) is 43.2. The summed E-state index contributed by atoms with van der Waals surface area (Å²) >= 11 is 0. The number of imidazole rings is 2. The highest BCUT2D eigenvalue weighted by atomic mass is 16.3. The van der Waals surface area contributed by atoms with Crippen LogP contribution in [0.25, 0.3) is 95.0 Å². The molecule has 7 N–H and O–H groups in total. The summed E-state index contributed by atoms with van der Waals surface area (Å²) in [6.07, 6.45) is 18.2. The van der Waals surface area contributed by atoms with Crippen molar-refractivity contribution in [3.63, 3.8) is 0 Å². The molecular weight excluding hydrogens is 917 g/mol. The molecule has 1 saturated heterocycles. The van der Waals surface area contributed by atoms with Crippen molar-refractivity contribution < 1.29 is 18.2 Å². The van der Waals surface area contributed by atoms with Gasteiger partial charge in [-0.1, -0.05) is 47.6 Å². The Morgan fingerprint density at radius 2 is 1.52 bits per heavy atom. The molecule has 12 aromatic rings. The number of benzene rings is 3. The van der Waals surface area contributed by atoms with E-state index in [1.807, 2.05) is 108 Å². The second-order valence-corrected chi connectivity index (χ2v) is 18.1. The quantitative estimate of drug-likeness (QED) is 0.0497. The van der Waals surface area contributed by atoms with Crippen LogP contribution in [0, 0.1) is 5.41 Å². The number of nitrogens with one attached hydrogen (secondary N) is 5. The number of H-pyrrole nitrogens is 3. The highest BCUT2D eigenvalue weighted by Gasteiger charge is 2.26. The summed E-state index contributed by atoms with van der Waals surface area (Å²) < 4.78 is 13.7. The van der Waals surface area contributed by atoms with E-state index in [2.05, 4.69) is 46.3 Å². The van der Waals surface area contributed by atoms with E-state index < -0.39 is 0 Å².